The van der Waals surface area contributed by atoms with E-state index in [1.54, 1.807) is 12.0 Å². The van der Waals surface area contributed by atoms with Crippen LogP contribution in [0.5, 0.6) is 0 Å². The van der Waals surface area contributed by atoms with Crippen LogP contribution in [-0.2, 0) is 9.53 Å². The Bertz CT molecular complexity index is 1030. The van der Waals surface area contributed by atoms with Crippen molar-refractivity contribution in [1.82, 2.24) is 15.1 Å². The second-order valence-electron chi connectivity index (χ2n) is 10.1. The second kappa shape index (κ2) is 9.79. The van der Waals surface area contributed by atoms with E-state index in [4.69, 9.17) is 4.74 Å². The standard InChI is InChI=1S/C28H35N3O3/c1-19-7-6-8-22(15-19)20-11-13-21(14-12-20)27-24-16-30(17-26(32)31(24)25(27)18-34-2)28(33)29-23-9-4-3-5-10-23/h6-8,11-15,23-25,27H,3-5,9-10,16-18H2,1-2H3,(H,29,33)/t24?,25-,27+/m1/s1. The molecule has 1 saturated carbocycles. The van der Waals surface area contributed by atoms with Crippen LogP contribution in [0.15, 0.2) is 48.5 Å². The number of piperazine rings is 1. The lowest BCUT2D eigenvalue weighted by Gasteiger charge is -2.59. The van der Waals surface area contributed by atoms with Crippen molar-refractivity contribution in [2.75, 3.05) is 26.8 Å². The van der Waals surface area contributed by atoms with Gasteiger partial charge < -0.3 is 19.9 Å². The number of fused-ring (bicyclic) bond motifs is 1. The maximum Gasteiger partial charge on any atom is 0.318 e. The summed E-state index contributed by atoms with van der Waals surface area (Å²) in [5.74, 6) is 0.172. The van der Waals surface area contributed by atoms with Gasteiger partial charge in [0.25, 0.3) is 0 Å². The number of carbonyl (C=O) groups excluding carboxylic acids is 2. The number of hydrogen-bond donors (Lipinski definition) is 1. The van der Waals surface area contributed by atoms with Gasteiger partial charge in [-0.05, 0) is 36.5 Å². The number of rotatable bonds is 5. The molecule has 0 bridgehead atoms. The van der Waals surface area contributed by atoms with Gasteiger partial charge in [0.15, 0.2) is 0 Å². The van der Waals surface area contributed by atoms with E-state index in [9.17, 15) is 9.59 Å². The highest BCUT2D eigenvalue weighted by atomic mass is 16.5. The molecular weight excluding hydrogens is 426 g/mol. The SMILES string of the molecule is COC[C@@H]1[C@@H](c2ccc(-c3cccc(C)c3)cc2)C2CN(C(=O)NC3CCCCC3)CC(=O)N21. The maximum atomic E-state index is 13.0. The van der Waals surface area contributed by atoms with Crippen molar-refractivity contribution < 1.29 is 14.3 Å². The summed E-state index contributed by atoms with van der Waals surface area (Å²) in [5.41, 5.74) is 4.82. The number of nitrogens with zero attached hydrogens (tertiary/aromatic N) is 2. The van der Waals surface area contributed by atoms with Crippen LogP contribution in [0.4, 0.5) is 4.79 Å². The van der Waals surface area contributed by atoms with Crippen molar-refractivity contribution in [3.8, 4) is 11.1 Å². The zero-order chi connectivity index (χ0) is 23.7. The quantitative estimate of drug-likeness (QED) is 0.721. The van der Waals surface area contributed by atoms with Gasteiger partial charge in [-0.3, -0.25) is 4.79 Å². The van der Waals surface area contributed by atoms with Crippen molar-refractivity contribution in [1.29, 1.82) is 0 Å². The molecule has 0 spiro atoms. The van der Waals surface area contributed by atoms with E-state index < -0.39 is 0 Å². The van der Waals surface area contributed by atoms with Gasteiger partial charge in [-0.1, -0.05) is 73.4 Å². The number of carbonyl (C=O) groups is 2. The second-order valence-corrected chi connectivity index (χ2v) is 10.1. The van der Waals surface area contributed by atoms with Gasteiger partial charge in [0.1, 0.15) is 6.54 Å². The predicted octanol–water partition coefficient (Wildman–Crippen LogP) is 4.33. The number of ether oxygens (including phenoxy) is 1. The Morgan fingerprint density at radius 1 is 1.06 bits per heavy atom. The lowest BCUT2D eigenvalue weighted by molar-refractivity contribution is -0.160. The first-order chi connectivity index (χ1) is 16.5. The van der Waals surface area contributed by atoms with E-state index in [0.717, 1.165) is 12.8 Å². The summed E-state index contributed by atoms with van der Waals surface area (Å²) in [7, 11) is 1.68. The fourth-order valence-electron chi connectivity index (χ4n) is 6.04. The van der Waals surface area contributed by atoms with E-state index in [1.807, 2.05) is 4.90 Å². The Balaban J connectivity index is 1.33. The molecule has 3 aliphatic rings. The molecule has 1 aliphatic carbocycles. The van der Waals surface area contributed by atoms with Gasteiger partial charge in [-0.2, -0.15) is 0 Å². The Morgan fingerprint density at radius 2 is 1.82 bits per heavy atom. The van der Waals surface area contributed by atoms with Gasteiger partial charge in [0.2, 0.25) is 5.91 Å². The average molecular weight is 462 g/mol. The monoisotopic (exact) mass is 461 g/mol. The first-order valence-electron chi connectivity index (χ1n) is 12.6. The van der Waals surface area contributed by atoms with Crippen LogP contribution < -0.4 is 5.32 Å². The highest BCUT2D eigenvalue weighted by Gasteiger charge is 2.54. The Labute approximate surface area is 202 Å². The number of amides is 3. The molecule has 3 amide bonds. The number of urea groups is 1. The molecule has 2 heterocycles. The van der Waals surface area contributed by atoms with Crippen LogP contribution in [0.3, 0.4) is 0 Å². The molecule has 2 saturated heterocycles. The lowest BCUT2D eigenvalue weighted by atomic mass is 9.73. The fourth-order valence-corrected chi connectivity index (χ4v) is 6.04. The summed E-state index contributed by atoms with van der Waals surface area (Å²) in [6, 6.07) is 17.3. The molecule has 6 heteroatoms. The highest BCUT2D eigenvalue weighted by Crippen LogP contribution is 2.43. The third-order valence-corrected chi connectivity index (χ3v) is 7.77. The van der Waals surface area contributed by atoms with E-state index in [2.05, 4.69) is 60.8 Å². The molecule has 0 aromatic heterocycles. The molecule has 1 N–H and O–H groups in total. The summed E-state index contributed by atoms with van der Waals surface area (Å²) < 4.78 is 5.49. The Hall–Kier alpha value is -2.86. The van der Waals surface area contributed by atoms with E-state index in [-0.39, 0.29) is 42.5 Å². The van der Waals surface area contributed by atoms with Crippen LogP contribution in [-0.4, -0.2) is 66.7 Å². The first-order valence-corrected chi connectivity index (χ1v) is 12.6. The topological polar surface area (TPSA) is 61.9 Å². The zero-order valence-corrected chi connectivity index (χ0v) is 20.2. The minimum atomic E-state index is -0.0939. The van der Waals surface area contributed by atoms with Gasteiger partial charge >= 0.3 is 6.03 Å². The first kappa shape index (κ1) is 22.9. The molecule has 34 heavy (non-hydrogen) atoms. The molecule has 3 atom stereocenters. The van der Waals surface area contributed by atoms with Gasteiger partial charge in [-0.15, -0.1) is 0 Å². The number of aryl methyl sites for hydroxylation is 1. The third-order valence-electron chi connectivity index (χ3n) is 7.77. The molecule has 3 fully saturated rings. The molecule has 5 rings (SSSR count). The minimum absolute atomic E-state index is 0.0101. The third kappa shape index (κ3) is 4.43. The maximum absolute atomic E-state index is 13.0. The summed E-state index contributed by atoms with van der Waals surface area (Å²) >= 11 is 0. The largest absolute Gasteiger partial charge is 0.383 e. The normalized spacial score (nSPS) is 25.0. The molecule has 2 aromatic carbocycles. The molecule has 6 nitrogen and oxygen atoms in total. The Kier molecular flexibility index (Phi) is 6.59. The predicted molar refractivity (Wildman–Crippen MR) is 133 cm³/mol. The molecular formula is C28H35N3O3. The van der Waals surface area contributed by atoms with E-state index in [0.29, 0.717) is 13.2 Å². The van der Waals surface area contributed by atoms with Crippen molar-refractivity contribution in [2.24, 2.45) is 0 Å². The lowest BCUT2D eigenvalue weighted by Crippen LogP contribution is -2.74. The fraction of sp³-hybridized carbons (Fsp3) is 0.500. The zero-order valence-electron chi connectivity index (χ0n) is 20.2. The summed E-state index contributed by atoms with van der Waals surface area (Å²) in [5, 5.41) is 3.18. The van der Waals surface area contributed by atoms with Crippen LogP contribution in [0.1, 0.15) is 49.1 Å². The van der Waals surface area contributed by atoms with Crippen molar-refractivity contribution in [3.63, 3.8) is 0 Å². The summed E-state index contributed by atoms with van der Waals surface area (Å²) in [6.07, 6.45) is 5.65. The molecule has 0 radical (unpaired) electrons. The smallest absolute Gasteiger partial charge is 0.318 e. The van der Waals surface area contributed by atoms with Crippen LogP contribution >= 0.6 is 0 Å². The van der Waals surface area contributed by atoms with E-state index in [1.165, 1.54) is 41.5 Å². The van der Waals surface area contributed by atoms with Gasteiger partial charge in [0.05, 0.1) is 18.7 Å². The number of nitrogens with one attached hydrogen (secondary N) is 1. The van der Waals surface area contributed by atoms with Crippen LogP contribution in [0.2, 0.25) is 0 Å². The van der Waals surface area contributed by atoms with E-state index >= 15 is 0 Å². The Morgan fingerprint density at radius 3 is 2.53 bits per heavy atom. The average Bonchev–Trinajstić information content (AvgIpc) is 2.83. The molecule has 2 aromatic rings. The number of methoxy groups -OCH3 is 1. The van der Waals surface area contributed by atoms with Crippen molar-refractivity contribution in [2.45, 2.75) is 63.1 Å². The number of benzene rings is 2. The highest BCUT2D eigenvalue weighted by molar-refractivity contribution is 5.87. The van der Waals surface area contributed by atoms with Crippen molar-refractivity contribution >= 4 is 11.9 Å². The van der Waals surface area contributed by atoms with Crippen molar-refractivity contribution in [3.05, 3.63) is 59.7 Å². The molecule has 1 unspecified atom stereocenters. The molecule has 180 valence electrons. The minimum Gasteiger partial charge on any atom is -0.383 e. The summed E-state index contributed by atoms with van der Waals surface area (Å²) in [6.45, 7) is 3.32. The molecule has 2 aliphatic heterocycles. The van der Waals surface area contributed by atoms with Crippen LogP contribution in [0, 0.1) is 6.92 Å². The summed E-state index contributed by atoms with van der Waals surface area (Å²) in [4.78, 5) is 29.7. The van der Waals surface area contributed by atoms with Gasteiger partial charge in [-0.25, -0.2) is 4.79 Å². The van der Waals surface area contributed by atoms with Crippen LogP contribution in [0.25, 0.3) is 11.1 Å². The van der Waals surface area contributed by atoms with Gasteiger partial charge in [0, 0.05) is 25.6 Å². The number of hydrogen-bond acceptors (Lipinski definition) is 3.